The van der Waals surface area contributed by atoms with E-state index in [1.165, 1.54) is 0 Å². The van der Waals surface area contributed by atoms with Gasteiger partial charge in [-0.15, -0.1) is 10.2 Å². The highest BCUT2D eigenvalue weighted by atomic mass is 16.2. The van der Waals surface area contributed by atoms with E-state index >= 15 is 0 Å². The van der Waals surface area contributed by atoms with Gasteiger partial charge in [0.15, 0.2) is 0 Å². The molecule has 1 aliphatic carbocycles. The molecule has 34 heavy (non-hydrogen) atoms. The van der Waals surface area contributed by atoms with Crippen molar-refractivity contribution in [2.45, 2.75) is 52.1 Å². The number of Topliss-reactive ketones (excluding diaryl/α,β-unsaturated/α-hetero) is 1. The highest BCUT2D eigenvalue weighted by molar-refractivity contribution is 5.82. The van der Waals surface area contributed by atoms with Crippen molar-refractivity contribution in [3.8, 4) is 22.5 Å². The minimum atomic E-state index is -0.0684. The molecule has 1 aromatic carbocycles. The molecule has 1 N–H and O–H groups in total. The predicted molar refractivity (Wildman–Crippen MR) is 127 cm³/mol. The number of benzene rings is 1. The predicted octanol–water partition coefficient (Wildman–Crippen LogP) is 3.43. The van der Waals surface area contributed by atoms with Gasteiger partial charge < -0.3 is 0 Å². The van der Waals surface area contributed by atoms with Crippen molar-refractivity contribution in [1.29, 1.82) is 0 Å². The first kappa shape index (κ1) is 21.9. The second-order valence-corrected chi connectivity index (χ2v) is 8.83. The van der Waals surface area contributed by atoms with Crippen molar-refractivity contribution in [3.05, 3.63) is 70.7 Å². The van der Waals surface area contributed by atoms with Gasteiger partial charge in [-0.25, -0.2) is 4.79 Å². The van der Waals surface area contributed by atoms with Crippen molar-refractivity contribution >= 4 is 5.78 Å². The van der Waals surface area contributed by atoms with Crippen LogP contribution in [0.1, 0.15) is 50.4 Å². The summed E-state index contributed by atoms with van der Waals surface area (Å²) in [5.74, 6) is 0.602. The van der Waals surface area contributed by atoms with E-state index in [0.29, 0.717) is 12.4 Å². The van der Waals surface area contributed by atoms with Gasteiger partial charge in [-0.2, -0.15) is 5.21 Å². The summed E-state index contributed by atoms with van der Waals surface area (Å²) in [5, 5.41) is 14.5. The molecule has 1 saturated carbocycles. The van der Waals surface area contributed by atoms with Gasteiger partial charge in [-0.3, -0.25) is 18.9 Å². The maximum atomic E-state index is 13.5. The number of unbranched alkanes of at least 4 members (excludes halogenated alkanes) is 1. The van der Waals surface area contributed by atoms with Gasteiger partial charge in [0.2, 0.25) is 5.82 Å². The third-order valence-corrected chi connectivity index (χ3v) is 6.54. The minimum absolute atomic E-state index is 0.0287. The third kappa shape index (κ3) is 4.09. The molecule has 2 unspecified atom stereocenters. The Kier molecular flexibility index (Phi) is 5.91. The fourth-order valence-electron chi connectivity index (χ4n) is 4.61. The number of ketones is 1. The van der Waals surface area contributed by atoms with Crippen LogP contribution in [0.15, 0.2) is 53.7 Å². The van der Waals surface area contributed by atoms with E-state index in [1.54, 1.807) is 17.7 Å². The lowest BCUT2D eigenvalue weighted by Crippen LogP contribution is -2.26. The summed E-state index contributed by atoms with van der Waals surface area (Å²) in [7, 11) is 0. The zero-order valence-corrected chi connectivity index (χ0v) is 19.3. The Hall–Kier alpha value is -3.88. The molecule has 3 heterocycles. The van der Waals surface area contributed by atoms with E-state index in [0.717, 1.165) is 53.6 Å². The molecule has 0 saturated heterocycles. The number of aromatic amines is 1. The fraction of sp³-hybridized carbons (Fsp3) is 0.360. The maximum Gasteiger partial charge on any atom is 0.328 e. The Morgan fingerprint density at radius 2 is 2.00 bits per heavy atom. The average molecular weight is 458 g/mol. The van der Waals surface area contributed by atoms with Crippen LogP contribution < -0.4 is 5.69 Å². The average Bonchev–Trinajstić information content (AvgIpc) is 3.34. The summed E-state index contributed by atoms with van der Waals surface area (Å²) in [6.45, 7) is 4.14. The first-order valence-corrected chi connectivity index (χ1v) is 11.7. The van der Waals surface area contributed by atoms with E-state index in [9.17, 15) is 9.59 Å². The number of carbonyl (C=O) groups excluding carboxylic acids is 1. The molecule has 0 spiro atoms. The van der Waals surface area contributed by atoms with E-state index in [1.807, 2.05) is 47.3 Å². The van der Waals surface area contributed by atoms with Gasteiger partial charge >= 0.3 is 5.69 Å². The molecule has 174 valence electrons. The van der Waals surface area contributed by atoms with E-state index < -0.39 is 0 Å². The Morgan fingerprint density at radius 3 is 2.71 bits per heavy atom. The smallest absolute Gasteiger partial charge is 0.300 e. The number of nitrogens with zero attached hydrogens (tertiary/aromatic N) is 6. The maximum absolute atomic E-state index is 13.5. The summed E-state index contributed by atoms with van der Waals surface area (Å²) in [4.78, 5) is 29.7. The normalized spacial score (nSPS) is 17.1. The largest absolute Gasteiger partial charge is 0.328 e. The van der Waals surface area contributed by atoms with Crippen molar-refractivity contribution in [2.75, 3.05) is 0 Å². The number of aryl methyl sites for hydroxylation is 1. The Morgan fingerprint density at radius 1 is 1.18 bits per heavy atom. The van der Waals surface area contributed by atoms with E-state index in [2.05, 4.69) is 32.5 Å². The number of imidazole rings is 1. The second-order valence-electron chi connectivity index (χ2n) is 8.83. The standard InChI is InChI=1S/C25H27N7O2/c1-3-4-7-18-15-32(23-12-22(23)16(2)33)25(34)31(18)14-17-13-26-11-10-19(17)20-8-5-6-9-21(20)24-27-29-30-28-24/h5-6,8-11,13,15,22-23H,3-4,7,12,14H2,1-2H3,(H,27,28,29,30). The third-order valence-electron chi connectivity index (χ3n) is 6.54. The number of nitrogens with one attached hydrogen (secondary N) is 1. The number of H-pyrrole nitrogens is 1. The Balaban J connectivity index is 1.56. The van der Waals surface area contributed by atoms with Gasteiger partial charge in [0.1, 0.15) is 5.78 Å². The molecule has 0 radical (unpaired) electrons. The molecule has 2 atom stereocenters. The number of aromatic nitrogens is 7. The van der Waals surface area contributed by atoms with Crippen molar-refractivity contribution in [2.24, 2.45) is 5.92 Å². The van der Waals surface area contributed by atoms with Crippen LogP contribution in [-0.2, 0) is 17.8 Å². The molecule has 0 bridgehead atoms. The van der Waals surface area contributed by atoms with E-state index in [4.69, 9.17) is 0 Å². The highest BCUT2D eigenvalue weighted by Gasteiger charge is 2.43. The van der Waals surface area contributed by atoms with Crippen molar-refractivity contribution in [1.82, 2.24) is 34.7 Å². The van der Waals surface area contributed by atoms with Crippen LogP contribution >= 0.6 is 0 Å². The van der Waals surface area contributed by atoms with Crippen molar-refractivity contribution < 1.29 is 4.79 Å². The molecule has 1 fully saturated rings. The summed E-state index contributed by atoms with van der Waals surface area (Å²) >= 11 is 0. The summed E-state index contributed by atoms with van der Waals surface area (Å²) < 4.78 is 3.60. The topological polar surface area (TPSA) is 111 Å². The summed E-state index contributed by atoms with van der Waals surface area (Å²) in [6, 6.07) is 9.79. The van der Waals surface area contributed by atoms with Crippen LogP contribution in [0.25, 0.3) is 22.5 Å². The molecule has 5 rings (SSSR count). The number of hydrogen-bond acceptors (Lipinski definition) is 6. The number of tetrazole rings is 1. The van der Waals surface area contributed by atoms with Crippen LogP contribution in [0, 0.1) is 5.92 Å². The van der Waals surface area contributed by atoms with Crippen LogP contribution in [0.2, 0.25) is 0 Å². The molecule has 0 amide bonds. The van der Waals surface area contributed by atoms with Crippen LogP contribution in [-0.4, -0.2) is 40.5 Å². The van der Waals surface area contributed by atoms with Crippen molar-refractivity contribution in [3.63, 3.8) is 0 Å². The molecular formula is C25H27N7O2. The van der Waals surface area contributed by atoms with Gasteiger partial charge in [-0.05, 0) is 54.2 Å². The molecule has 9 nitrogen and oxygen atoms in total. The lowest BCUT2D eigenvalue weighted by atomic mass is 9.96. The number of rotatable bonds is 9. The number of hydrogen-bond donors (Lipinski definition) is 1. The molecule has 1 aliphatic rings. The zero-order chi connectivity index (χ0) is 23.7. The fourth-order valence-corrected chi connectivity index (χ4v) is 4.61. The van der Waals surface area contributed by atoms with Gasteiger partial charge in [0.25, 0.3) is 0 Å². The molecule has 4 aromatic rings. The Bertz CT molecular complexity index is 1370. The van der Waals surface area contributed by atoms with E-state index in [-0.39, 0.29) is 23.4 Å². The SMILES string of the molecule is CCCCc1cn(C2CC2C(C)=O)c(=O)n1Cc1cnccc1-c1ccccc1-c1nn[nH]n1. The van der Waals surface area contributed by atoms with Gasteiger partial charge in [0.05, 0.1) is 6.54 Å². The van der Waals surface area contributed by atoms with Crippen LogP contribution in [0.4, 0.5) is 0 Å². The molecule has 3 aromatic heterocycles. The molecule has 9 heteroatoms. The number of pyridine rings is 1. The second kappa shape index (κ2) is 9.17. The first-order valence-electron chi connectivity index (χ1n) is 11.7. The van der Waals surface area contributed by atoms with Gasteiger partial charge in [-0.1, -0.05) is 37.6 Å². The number of carbonyl (C=O) groups is 1. The molecule has 0 aliphatic heterocycles. The summed E-state index contributed by atoms with van der Waals surface area (Å²) in [5.41, 5.74) is 4.60. The van der Waals surface area contributed by atoms with Gasteiger partial charge in [0, 0.05) is 41.8 Å². The Labute approximate surface area is 196 Å². The monoisotopic (exact) mass is 457 g/mol. The van der Waals surface area contributed by atoms with Crippen LogP contribution in [0.3, 0.4) is 0 Å². The zero-order valence-electron chi connectivity index (χ0n) is 19.3. The summed E-state index contributed by atoms with van der Waals surface area (Å²) in [6.07, 6.45) is 9.09. The lowest BCUT2D eigenvalue weighted by molar-refractivity contribution is -0.118. The quantitative estimate of drug-likeness (QED) is 0.412. The lowest BCUT2D eigenvalue weighted by Gasteiger charge is -2.13. The first-order chi connectivity index (χ1) is 16.6. The van der Waals surface area contributed by atoms with Crippen LogP contribution in [0.5, 0.6) is 0 Å². The minimum Gasteiger partial charge on any atom is -0.300 e. The molecular weight excluding hydrogens is 430 g/mol. The highest BCUT2D eigenvalue weighted by Crippen LogP contribution is 2.43.